The Morgan fingerprint density at radius 3 is 2.89 bits per heavy atom. The maximum Gasteiger partial charge on any atom is 0.235 e. The van der Waals surface area contributed by atoms with Gasteiger partial charge in [-0.3, -0.25) is 4.79 Å². The predicted octanol–water partition coefficient (Wildman–Crippen LogP) is 2.83. The van der Waals surface area contributed by atoms with Crippen LogP contribution >= 0.6 is 23.2 Å². The topological polar surface area (TPSA) is 49.3 Å². The molecule has 1 aliphatic rings. The first-order chi connectivity index (χ1) is 9.08. The number of rotatable bonds is 3. The van der Waals surface area contributed by atoms with Gasteiger partial charge in [-0.2, -0.15) is 0 Å². The average Bonchev–Trinajstić information content (AvgIpc) is 2.41. The van der Waals surface area contributed by atoms with Crippen molar-refractivity contribution in [1.82, 2.24) is 5.32 Å². The van der Waals surface area contributed by atoms with Crippen LogP contribution in [0.3, 0.4) is 0 Å². The first kappa shape index (κ1) is 14.6. The highest BCUT2D eigenvalue weighted by Crippen LogP contribution is 2.38. The van der Waals surface area contributed by atoms with Gasteiger partial charge in [-0.05, 0) is 30.5 Å². The lowest BCUT2D eigenvalue weighted by Crippen LogP contribution is -2.55. The minimum Gasteiger partial charge on any atom is -0.390 e. The summed E-state index contributed by atoms with van der Waals surface area (Å²) in [6.07, 6.45) is 2.64. The number of halogens is 2. The van der Waals surface area contributed by atoms with E-state index < -0.39 is 11.6 Å². The minimum absolute atomic E-state index is 0.116. The van der Waals surface area contributed by atoms with Crippen LogP contribution in [-0.2, 0) is 10.3 Å². The van der Waals surface area contributed by atoms with Gasteiger partial charge >= 0.3 is 0 Å². The molecule has 1 fully saturated rings. The van der Waals surface area contributed by atoms with Crippen molar-refractivity contribution in [3.8, 4) is 0 Å². The zero-order valence-corrected chi connectivity index (χ0v) is 12.0. The quantitative estimate of drug-likeness (QED) is 0.844. The van der Waals surface area contributed by atoms with E-state index in [2.05, 4.69) is 5.32 Å². The van der Waals surface area contributed by atoms with Crippen molar-refractivity contribution >= 4 is 29.1 Å². The van der Waals surface area contributed by atoms with Crippen molar-refractivity contribution in [2.24, 2.45) is 0 Å². The van der Waals surface area contributed by atoms with E-state index in [1.165, 1.54) is 0 Å². The number of carbonyl (C=O) groups is 1. The second kappa shape index (κ2) is 6.12. The minimum atomic E-state index is -0.769. The van der Waals surface area contributed by atoms with E-state index >= 15 is 0 Å². The van der Waals surface area contributed by atoms with Gasteiger partial charge in [0.05, 0.1) is 11.6 Å². The van der Waals surface area contributed by atoms with Crippen molar-refractivity contribution in [1.29, 1.82) is 0 Å². The van der Waals surface area contributed by atoms with Gasteiger partial charge in [0.25, 0.3) is 0 Å². The van der Waals surface area contributed by atoms with Gasteiger partial charge in [-0.1, -0.05) is 36.6 Å². The van der Waals surface area contributed by atoms with Crippen LogP contribution in [0, 0.1) is 0 Å². The highest BCUT2D eigenvalue weighted by molar-refractivity contribution is 6.30. The van der Waals surface area contributed by atoms with E-state index in [1.54, 1.807) is 12.1 Å². The van der Waals surface area contributed by atoms with Crippen LogP contribution in [0.2, 0.25) is 5.02 Å². The summed E-state index contributed by atoms with van der Waals surface area (Å²) in [5.41, 5.74) is 0.0699. The van der Waals surface area contributed by atoms with E-state index in [0.29, 0.717) is 17.9 Å². The molecule has 0 aromatic heterocycles. The molecule has 1 aromatic carbocycles. The molecule has 1 aromatic rings. The predicted molar refractivity (Wildman–Crippen MR) is 76.5 cm³/mol. The molecular weight excluding hydrogens is 285 g/mol. The fraction of sp³-hybridized carbons (Fsp3) is 0.500. The second-order valence-electron chi connectivity index (χ2n) is 4.93. The Labute approximate surface area is 122 Å². The fourth-order valence-corrected chi connectivity index (χ4v) is 3.01. The number of carbonyl (C=O) groups excluding carboxylic acids is 1. The third kappa shape index (κ3) is 3.04. The molecule has 1 amide bonds. The molecule has 1 saturated carbocycles. The third-order valence-corrected chi connectivity index (χ3v) is 4.17. The lowest BCUT2D eigenvalue weighted by molar-refractivity contribution is -0.123. The van der Waals surface area contributed by atoms with Crippen molar-refractivity contribution < 1.29 is 9.90 Å². The SMILES string of the molecule is O=C(CCl)N[C@@]1(c2cccc(Cl)c2)CCCC[C@H]1O. The molecule has 104 valence electrons. The van der Waals surface area contributed by atoms with E-state index in [0.717, 1.165) is 18.4 Å². The Balaban J connectivity index is 2.40. The summed E-state index contributed by atoms with van der Waals surface area (Å²) < 4.78 is 0. The summed E-state index contributed by atoms with van der Waals surface area (Å²) in [7, 11) is 0. The molecule has 0 spiro atoms. The van der Waals surface area contributed by atoms with Crippen LogP contribution in [0.5, 0.6) is 0 Å². The normalized spacial score (nSPS) is 27.0. The van der Waals surface area contributed by atoms with Gasteiger partial charge in [-0.15, -0.1) is 11.6 Å². The molecule has 2 atom stereocenters. The van der Waals surface area contributed by atoms with Crippen LogP contribution in [0.4, 0.5) is 0 Å². The third-order valence-electron chi connectivity index (χ3n) is 3.69. The van der Waals surface area contributed by atoms with Gasteiger partial charge in [0.15, 0.2) is 0 Å². The van der Waals surface area contributed by atoms with Gasteiger partial charge < -0.3 is 10.4 Å². The van der Waals surface area contributed by atoms with Crippen LogP contribution < -0.4 is 5.32 Å². The van der Waals surface area contributed by atoms with E-state index in [1.807, 2.05) is 12.1 Å². The Bertz CT molecular complexity index is 467. The van der Waals surface area contributed by atoms with Crippen molar-refractivity contribution in [3.05, 3.63) is 34.9 Å². The molecule has 0 heterocycles. The highest BCUT2D eigenvalue weighted by Gasteiger charge is 2.42. The van der Waals surface area contributed by atoms with Gasteiger partial charge in [0.1, 0.15) is 5.88 Å². The number of aliphatic hydroxyl groups excluding tert-OH is 1. The number of alkyl halides is 1. The molecule has 1 aliphatic carbocycles. The number of hydrogen-bond donors (Lipinski definition) is 2. The lowest BCUT2D eigenvalue weighted by Gasteiger charge is -2.42. The molecule has 0 bridgehead atoms. The standard InChI is InChI=1S/C14H17Cl2NO2/c15-9-13(19)17-14(7-2-1-6-12(14)18)10-4-3-5-11(16)8-10/h3-5,8,12,18H,1-2,6-7,9H2,(H,17,19)/t12-,14-/m1/s1. The number of hydrogen-bond acceptors (Lipinski definition) is 2. The molecule has 3 nitrogen and oxygen atoms in total. The number of amides is 1. The maximum atomic E-state index is 11.7. The summed E-state index contributed by atoms with van der Waals surface area (Å²) in [6.45, 7) is 0. The van der Waals surface area contributed by atoms with Gasteiger partial charge in [0, 0.05) is 5.02 Å². The molecular formula is C14H17Cl2NO2. The number of aliphatic hydroxyl groups is 1. The van der Waals surface area contributed by atoms with Crippen molar-refractivity contribution in [2.45, 2.75) is 37.3 Å². The summed E-state index contributed by atoms with van der Waals surface area (Å²) in [5, 5.41) is 13.9. The summed E-state index contributed by atoms with van der Waals surface area (Å²) in [4.78, 5) is 11.7. The first-order valence-electron chi connectivity index (χ1n) is 6.39. The van der Waals surface area contributed by atoms with Crippen LogP contribution in [0.15, 0.2) is 24.3 Å². The summed E-state index contributed by atoms with van der Waals surface area (Å²) >= 11 is 11.6. The molecule has 0 unspecified atom stereocenters. The Morgan fingerprint density at radius 1 is 1.47 bits per heavy atom. The largest absolute Gasteiger partial charge is 0.390 e. The van der Waals surface area contributed by atoms with Gasteiger partial charge in [0.2, 0.25) is 5.91 Å². The zero-order chi connectivity index (χ0) is 13.9. The second-order valence-corrected chi connectivity index (χ2v) is 5.63. The fourth-order valence-electron chi connectivity index (χ4n) is 2.76. The van der Waals surface area contributed by atoms with Crippen LogP contribution in [0.1, 0.15) is 31.2 Å². The monoisotopic (exact) mass is 301 g/mol. The lowest BCUT2D eigenvalue weighted by atomic mass is 9.74. The van der Waals surface area contributed by atoms with E-state index in [4.69, 9.17) is 23.2 Å². The number of nitrogens with one attached hydrogen (secondary N) is 1. The van der Waals surface area contributed by atoms with Crippen molar-refractivity contribution in [2.75, 3.05) is 5.88 Å². The molecule has 0 radical (unpaired) electrons. The molecule has 5 heteroatoms. The summed E-state index contributed by atoms with van der Waals surface area (Å²) in [5.74, 6) is -0.391. The van der Waals surface area contributed by atoms with E-state index in [-0.39, 0.29) is 11.8 Å². The van der Waals surface area contributed by atoms with Crippen LogP contribution in [0.25, 0.3) is 0 Å². The maximum absolute atomic E-state index is 11.7. The smallest absolute Gasteiger partial charge is 0.235 e. The molecule has 2 rings (SSSR count). The molecule has 19 heavy (non-hydrogen) atoms. The van der Waals surface area contributed by atoms with E-state index in [9.17, 15) is 9.90 Å². The van der Waals surface area contributed by atoms with Gasteiger partial charge in [-0.25, -0.2) is 0 Å². The highest BCUT2D eigenvalue weighted by atomic mass is 35.5. The Morgan fingerprint density at radius 2 is 2.26 bits per heavy atom. The summed E-state index contributed by atoms with van der Waals surface area (Å²) in [6, 6.07) is 7.28. The molecule has 2 N–H and O–H groups in total. The average molecular weight is 302 g/mol. The molecule has 0 aliphatic heterocycles. The Kier molecular flexibility index (Phi) is 4.71. The zero-order valence-electron chi connectivity index (χ0n) is 10.5. The first-order valence-corrected chi connectivity index (χ1v) is 7.31. The molecule has 0 saturated heterocycles. The van der Waals surface area contributed by atoms with Crippen molar-refractivity contribution in [3.63, 3.8) is 0 Å². The van der Waals surface area contributed by atoms with Crippen LogP contribution in [-0.4, -0.2) is 23.0 Å². The number of benzene rings is 1. The Hall–Kier alpha value is -0.770.